The molecule has 0 aliphatic carbocycles. The number of benzene rings is 7. The molecule has 0 saturated carbocycles. The fraction of sp³-hybridized carbons (Fsp3) is 0. The maximum Gasteiger partial charge on any atom is 0.0998 e. The predicted molar refractivity (Wildman–Crippen MR) is 200 cm³/mol. The maximum atomic E-state index is 10.2. The Morgan fingerprint density at radius 3 is 1.58 bits per heavy atom. The van der Waals surface area contributed by atoms with Gasteiger partial charge in [-0.2, -0.15) is 15.8 Å². The van der Waals surface area contributed by atoms with E-state index in [2.05, 4.69) is 106 Å². The lowest BCUT2D eigenvalue weighted by Gasteiger charge is -2.20. The Morgan fingerprint density at radius 2 is 0.900 bits per heavy atom. The van der Waals surface area contributed by atoms with E-state index in [0.29, 0.717) is 16.7 Å². The molecule has 50 heavy (non-hydrogen) atoms. The molecule has 0 fully saturated rings. The van der Waals surface area contributed by atoms with Crippen LogP contribution in [0.5, 0.6) is 0 Å². The van der Waals surface area contributed by atoms with Crippen LogP contribution in [0.2, 0.25) is 0 Å². The Kier molecular flexibility index (Phi) is 6.56. The molecule has 0 saturated heterocycles. The largest absolute Gasteiger partial charge is 0.309 e. The molecule has 230 valence electrons. The molecule has 0 bridgehead atoms. The van der Waals surface area contributed by atoms with Gasteiger partial charge in [0.2, 0.25) is 0 Å². The second kappa shape index (κ2) is 11.4. The summed E-state index contributed by atoms with van der Waals surface area (Å²) in [6, 6.07) is 57.8. The van der Waals surface area contributed by atoms with Gasteiger partial charge in [-0.25, -0.2) is 0 Å². The summed E-state index contributed by atoms with van der Waals surface area (Å²) in [5.74, 6) is 0. The van der Waals surface area contributed by atoms with E-state index in [4.69, 9.17) is 0 Å². The first-order chi connectivity index (χ1) is 24.7. The van der Waals surface area contributed by atoms with Crippen molar-refractivity contribution in [3.8, 4) is 51.8 Å². The summed E-state index contributed by atoms with van der Waals surface area (Å²) in [5, 5.41) is 34.4. The molecule has 0 unspecified atom stereocenters. The van der Waals surface area contributed by atoms with Gasteiger partial charge in [0.15, 0.2) is 0 Å². The number of aromatic nitrogens is 2. The van der Waals surface area contributed by atoms with Crippen LogP contribution in [-0.2, 0) is 0 Å². The van der Waals surface area contributed by atoms with Crippen LogP contribution < -0.4 is 0 Å². The third-order valence-electron chi connectivity index (χ3n) is 9.64. The first kappa shape index (κ1) is 28.8. The van der Waals surface area contributed by atoms with E-state index in [9.17, 15) is 15.8 Å². The standard InChI is InChI=1S/C45H25N5/c46-26-29-18-22-44-40(23-29)37-13-5-8-16-43(37)50(44)45-24-30(27-47)17-20-38(45)39-25-32(19-21-34(39)33-10-2-1-9-31(33)28-48)49-41-14-6-3-11-35(41)36-12-4-7-15-42(36)49/h1-25H. The van der Waals surface area contributed by atoms with Gasteiger partial charge in [0.1, 0.15) is 0 Å². The van der Waals surface area contributed by atoms with Crippen LogP contribution in [0.1, 0.15) is 16.7 Å². The molecule has 0 spiro atoms. The van der Waals surface area contributed by atoms with E-state index >= 15 is 0 Å². The van der Waals surface area contributed by atoms with E-state index in [-0.39, 0.29) is 0 Å². The smallest absolute Gasteiger partial charge is 0.0998 e. The van der Waals surface area contributed by atoms with Crippen molar-refractivity contribution in [2.75, 3.05) is 0 Å². The predicted octanol–water partition coefficient (Wildman–Crippen LogP) is 10.8. The highest BCUT2D eigenvalue weighted by Crippen LogP contribution is 2.43. The number of para-hydroxylation sites is 3. The molecule has 9 aromatic rings. The molecule has 9 rings (SSSR count). The van der Waals surface area contributed by atoms with Crippen LogP contribution in [0.4, 0.5) is 0 Å². The minimum atomic E-state index is 0.529. The fourth-order valence-corrected chi connectivity index (χ4v) is 7.46. The van der Waals surface area contributed by atoms with E-state index in [1.54, 1.807) is 0 Å². The van der Waals surface area contributed by atoms with E-state index < -0.39 is 0 Å². The SMILES string of the molecule is N#Cc1ccc(-c2cc(-n3c4ccccc4c4ccccc43)ccc2-c2ccccc2C#N)c(-n2c3ccccc3c3cc(C#N)ccc32)c1. The van der Waals surface area contributed by atoms with Gasteiger partial charge in [-0.05, 0) is 77.9 Å². The zero-order valence-electron chi connectivity index (χ0n) is 26.7. The normalized spacial score (nSPS) is 11.1. The third-order valence-corrected chi connectivity index (χ3v) is 9.64. The van der Waals surface area contributed by atoms with Crippen LogP contribution in [0.3, 0.4) is 0 Å². The van der Waals surface area contributed by atoms with Crippen molar-refractivity contribution in [2.45, 2.75) is 0 Å². The molecule has 0 aliphatic heterocycles. The Balaban J connectivity index is 1.41. The summed E-state index contributed by atoms with van der Waals surface area (Å²) in [6.07, 6.45) is 0. The zero-order valence-corrected chi connectivity index (χ0v) is 26.7. The summed E-state index contributed by atoms with van der Waals surface area (Å²) in [7, 11) is 0. The highest BCUT2D eigenvalue weighted by atomic mass is 15.0. The number of nitriles is 3. The third kappa shape index (κ3) is 4.31. The highest BCUT2D eigenvalue weighted by molar-refractivity contribution is 6.11. The Labute approximate surface area is 287 Å². The van der Waals surface area contributed by atoms with Crippen LogP contribution in [0.25, 0.3) is 77.2 Å². The van der Waals surface area contributed by atoms with Crippen molar-refractivity contribution >= 4 is 43.6 Å². The zero-order chi connectivity index (χ0) is 33.8. The van der Waals surface area contributed by atoms with Crippen LogP contribution >= 0.6 is 0 Å². The Hall–Kier alpha value is -7.39. The van der Waals surface area contributed by atoms with Gasteiger partial charge in [-0.15, -0.1) is 0 Å². The summed E-state index contributed by atoms with van der Waals surface area (Å²) in [5.41, 5.74) is 11.2. The van der Waals surface area contributed by atoms with Gasteiger partial charge in [-0.3, -0.25) is 0 Å². The average molecular weight is 636 g/mol. The van der Waals surface area contributed by atoms with Crippen LogP contribution in [0, 0.1) is 34.0 Å². The van der Waals surface area contributed by atoms with Crippen molar-refractivity contribution < 1.29 is 0 Å². The summed E-state index contributed by atoms with van der Waals surface area (Å²) in [4.78, 5) is 0. The average Bonchev–Trinajstić information content (AvgIpc) is 3.70. The van der Waals surface area contributed by atoms with Crippen LogP contribution in [-0.4, -0.2) is 9.13 Å². The topological polar surface area (TPSA) is 81.2 Å². The molecular weight excluding hydrogens is 611 g/mol. The minimum Gasteiger partial charge on any atom is -0.309 e. The molecule has 0 radical (unpaired) electrons. The molecule has 5 heteroatoms. The first-order valence-corrected chi connectivity index (χ1v) is 16.3. The first-order valence-electron chi connectivity index (χ1n) is 16.3. The van der Waals surface area contributed by atoms with Crippen LogP contribution in [0.15, 0.2) is 152 Å². The number of nitrogens with zero attached hydrogens (tertiary/aromatic N) is 5. The molecule has 0 amide bonds. The van der Waals surface area contributed by atoms with Crippen molar-refractivity contribution in [3.05, 3.63) is 168 Å². The number of hydrogen-bond donors (Lipinski definition) is 0. The number of fused-ring (bicyclic) bond motifs is 6. The van der Waals surface area contributed by atoms with Gasteiger partial charge in [0, 0.05) is 38.4 Å². The van der Waals surface area contributed by atoms with Crippen molar-refractivity contribution in [1.82, 2.24) is 9.13 Å². The lowest BCUT2D eigenvalue weighted by atomic mass is 9.90. The monoisotopic (exact) mass is 635 g/mol. The summed E-state index contributed by atoms with van der Waals surface area (Å²) >= 11 is 0. The molecule has 0 aliphatic rings. The van der Waals surface area contributed by atoms with Crippen molar-refractivity contribution in [3.63, 3.8) is 0 Å². The number of rotatable bonds is 4. The number of hydrogen-bond acceptors (Lipinski definition) is 3. The molecular formula is C45H25N5. The Bertz CT molecular complexity index is 2920. The van der Waals surface area contributed by atoms with Gasteiger partial charge in [-0.1, -0.05) is 84.9 Å². The maximum absolute atomic E-state index is 10.2. The molecule has 5 nitrogen and oxygen atoms in total. The molecule has 0 atom stereocenters. The van der Waals surface area contributed by atoms with Gasteiger partial charge in [0.25, 0.3) is 0 Å². The second-order valence-corrected chi connectivity index (χ2v) is 12.3. The van der Waals surface area contributed by atoms with Crippen molar-refractivity contribution in [2.24, 2.45) is 0 Å². The molecule has 2 heterocycles. The molecule has 0 N–H and O–H groups in total. The molecule has 2 aromatic heterocycles. The van der Waals surface area contributed by atoms with E-state index in [1.165, 1.54) is 10.8 Å². The lowest BCUT2D eigenvalue weighted by Crippen LogP contribution is -2.01. The highest BCUT2D eigenvalue weighted by Gasteiger charge is 2.21. The van der Waals surface area contributed by atoms with Gasteiger partial charge in [0.05, 0.1) is 62.7 Å². The summed E-state index contributed by atoms with van der Waals surface area (Å²) < 4.78 is 4.48. The van der Waals surface area contributed by atoms with E-state index in [0.717, 1.165) is 66.5 Å². The minimum absolute atomic E-state index is 0.529. The summed E-state index contributed by atoms with van der Waals surface area (Å²) in [6.45, 7) is 0. The second-order valence-electron chi connectivity index (χ2n) is 12.3. The van der Waals surface area contributed by atoms with Gasteiger partial charge < -0.3 is 9.13 Å². The lowest BCUT2D eigenvalue weighted by molar-refractivity contribution is 1.17. The fourth-order valence-electron chi connectivity index (χ4n) is 7.46. The quantitative estimate of drug-likeness (QED) is 0.193. The molecule has 7 aromatic carbocycles. The van der Waals surface area contributed by atoms with Crippen molar-refractivity contribution in [1.29, 1.82) is 15.8 Å². The van der Waals surface area contributed by atoms with Gasteiger partial charge >= 0.3 is 0 Å². The van der Waals surface area contributed by atoms with E-state index in [1.807, 2.05) is 72.8 Å². The Morgan fingerprint density at radius 1 is 0.360 bits per heavy atom.